The summed E-state index contributed by atoms with van der Waals surface area (Å²) < 4.78 is 0. The molecule has 0 aliphatic carbocycles. The van der Waals surface area contributed by atoms with Gasteiger partial charge in [0.2, 0.25) is 5.56 Å². The predicted molar refractivity (Wildman–Crippen MR) is 89.9 cm³/mol. The Hall–Kier alpha value is -2.44. The number of likely N-dealkylation sites (tertiary alicyclic amines) is 1. The number of nitrogens with zero attached hydrogens (tertiary/aromatic N) is 3. The molecule has 3 rings (SSSR count). The van der Waals surface area contributed by atoms with Crippen LogP contribution >= 0.6 is 0 Å². The molecule has 7 nitrogen and oxygen atoms in total. The van der Waals surface area contributed by atoms with Crippen molar-refractivity contribution >= 4 is 5.91 Å². The van der Waals surface area contributed by atoms with Crippen LogP contribution in [0.1, 0.15) is 72.8 Å². The number of hydrogen-bond donors (Lipinski definition) is 2. The van der Waals surface area contributed by atoms with Gasteiger partial charge in [0.05, 0.1) is 11.6 Å². The molecule has 1 amide bonds. The second-order valence-electron chi connectivity index (χ2n) is 6.60. The van der Waals surface area contributed by atoms with Gasteiger partial charge < -0.3 is 9.88 Å². The van der Waals surface area contributed by atoms with Gasteiger partial charge in [-0.25, -0.2) is 4.98 Å². The average Bonchev–Trinajstić information content (AvgIpc) is 3.04. The maximum absolute atomic E-state index is 13.0. The minimum atomic E-state index is -0.198. The first kappa shape index (κ1) is 16.4. The fraction of sp³-hybridized carbons (Fsp3) is 0.529. The molecule has 24 heavy (non-hydrogen) atoms. The third-order valence-corrected chi connectivity index (χ3v) is 4.46. The van der Waals surface area contributed by atoms with Crippen LogP contribution in [0.5, 0.6) is 0 Å². The molecule has 0 aromatic carbocycles. The number of carbonyl (C=O) groups is 1. The quantitative estimate of drug-likeness (QED) is 0.903. The zero-order valence-corrected chi connectivity index (χ0v) is 14.3. The summed E-state index contributed by atoms with van der Waals surface area (Å²) in [5.74, 6) is 1.68. The Morgan fingerprint density at radius 1 is 1.33 bits per heavy atom. The Kier molecular flexibility index (Phi) is 4.51. The number of aromatic amines is 2. The Morgan fingerprint density at radius 2 is 2.12 bits per heavy atom. The van der Waals surface area contributed by atoms with Gasteiger partial charge in [0.15, 0.2) is 5.82 Å². The first-order valence-corrected chi connectivity index (χ1v) is 8.40. The summed E-state index contributed by atoms with van der Waals surface area (Å²) in [7, 11) is 0. The number of hydrogen-bond acceptors (Lipinski definition) is 4. The van der Waals surface area contributed by atoms with E-state index in [0.717, 1.165) is 30.9 Å². The lowest BCUT2D eigenvalue weighted by Crippen LogP contribution is -2.39. The lowest BCUT2D eigenvalue weighted by atomic mass is 10.00. The number of pyridine rings is 1. The van der Waals surface area contributed by atoms with Crippen molar-refractivity contribution < 1.29 is 4.79 Å². The summed E-state index contributed by atoms with van der Waals surface area (Å²) in [6, 6.07) is 2.89. The standard InChI is InChI=1S/C17H23N5O2/c1-10(2)15-19-16(21-20-15)13-6-4-5-9-22(13)17(24)12-7-8-14(23)18-11(12)3/h7-8,10,13H,4-6,9H2,1-3H3,(H,18,23)(H,19,20,21). The zero-order chi connectivity index (χ0) is 17.3. The fourth-order valence-electron chi connectivity index (χ4n) is 3.12. The first-order valence-electron chi connectivity index (χ1n) is 8.40. The van der Waals surface area contributed by atoms with Crippen LogP contribution in [0.4, 0.5) is 0 Å². The Morgan fingerprint density at radius 3 is 2.79 bits per heavy atom. The van der Waals surface area contributed by atoms with E-state index in [1.54, 1.807) is 13.0 Å². The molecule has 2 N–H and O–H groups in total. The van der Waals surface area contributed by atoms with Crippen molar-refractivity contribution in [1.29, 1.82) is 0 Å². The second-order valence-corrected chi connectivity index (χ2v) is 6.60. The molecule has 3 heterocycles. The largest absolute Gasteiger partial charge is 0.328 e. The van der Waals surface area contributed by atoms with E-state index in [1.165, 1.54) is 6.07 Å². The minimum absolute atomic E-state index is 0.0732. The third-order valence-electron chi connectivity index (χ3n) is 4.46. The molecule has 1 aliphatic rings. The topological polar surface area (TPSA) is 94.7 Å². The van der Waals surface area contributed by atoms with E-state index in [9.17, 15) is 9.59 Å². The molecule has 1 aliphatic heterocycles. The summed E-state index contributed by atoms with van der Waals surface area (Å²) in [4.78, 5) is 33.5. The van der Waals surface area contributed by atoms with Crippen LogP contribution in [-0.4, -0.2) is 37.5 Å². The molecule has 1 atom stereocenters. The highest BCUT2D eigenvalue weighted by molar-refractivity contribution is 5.95. The van der Waals surface area contributed by atoms with Crippen molar-refractivity contribution in [1.82, 2.24) is 25.1 Å². The van der Waals surface area contributed by atoms with E-state index in [0.29, 0.717) is 17.8 Å². The Bertz CT molecular complexity index is 792. The lowest BCUT2D eigenvalue weighted by molar-refractivity contribution is 0.0599. The van der Waals surface area contributed by atoms with Gasteiger partial charge in [0.1, 0.15) is 5.82 Å². The van der Waals surface area contributed by atoms with E-state index in [2.05, 4.69) is 20.2 Å². The molecule has 0 spiro atoms. The van der Waals surface area contributed by atoms with E-state index < -0.39 is 0 Å². The van der Waals surface area contributed by atoms with Crippen LogP contribution in [0.25, 0.3) is 0 Å². The molecular weight excluding hydrogens is 306 g/mol. The smallest absolute Gasteiger partial charge is 0.256 e. The molecule has 0 saturated carbocycles. The normalized spacial score (nSPS) is 18.2. The van der Waals surface area contributed by atoms with Crippen molar-refractivity contribution in [3.05, 3.63) is 45.4 Å². The first-order chi connectivity index (χ1) is 11.5. The molecule has 2 aromatic heterocycles. The third kappa shape index (κ3) is 3.11. The number of H-pyrrole nitrogens is 2. The summed E-state index contributed by atoms with van der Waals surface area (Å²) >= 11 is 0. The molecular formula is C17H23N5O2. The van der Waals surface area contributed by atoms with Crippen LogP contribution in [0.2, 0.25) is 0 Å². The molecule has 7 heteroatoms. The second kappa shape index (κ2) is 6.59. The van der Waals surface area contributed by atoms with Gasteiger partial charge >= 0.3 is 0 Å². The van der Waals surface area contributed by atoms with Crippen LogP contribution in [0.15, 0.2) is 16.9 Å². The SMILES string of the molecule is Cc1[nH]c(=O)ccc1C(=O)N1CCCCC1c1nc(C(C)C)n[nH]1. The predicted octanol–water partition coefficient (Wildman–Crippen LogP) is 2.29. The number of aryl methyl sites for hydroxylation is 1. The maximum Gasteiger partial charge on any atom is 0.256 e. The number of piperidine rings is 1. The summed E-state index contributed by atoms with van der Waals surface area (Å²) in [6.45, 7) is 6.51. The Balaban J connectivity index is 1.91. The van der Waals surface area contributed by atoms with Gasteiger partial charge in [-0.05, 0) is 32.3 Å². The van der Waals surface area contributed by atoms with Gasteiger partial charge in [-0.2, -0.15) is 5.10 Å². The fourth-order valence-corrected chi connectivity index (χ4v) is 3.12. The van der Waals surface area contributed by atoms with Crippen LogP contribution in [0.3, 0.4) is 0 Å². The van der Waals surface area contributed by atoms with Gasteiger partial charge in [-0.15, -0.1) is 0 Å². The van der Waals surface area contributed by atoms with Crippen LogP contribution < -0.4 is 5.56 Å². The van der Waals surface area contributed by atoms with E-state index >= 15 is 0 Å². The van der Waals surface area contributed by atoms with E-state index in [4.69, 9.17) is 0 Å². The van der Waals surface area contributed by atoms with Crippen LogP contribution in [-0.2, 0) is 0 Å². The molecule has 128 valence electrons. The number of carbonyl (C=O) groups excluding carboxylic acids is 1. The molecule has 2 aromatic rings. The highest BCUT2D eigenvalue weighted by Crippen LogP contribution is 2.30. The van der Waals surface area contributed by atoms with Crippen molar-refractivity contribution in [3.63, 3.8) is 0 Å². The minimum Gasteiger partial charge on any atom is -0.328 e. The lowest BCUT2D eigenvalue weighted by Gasteiger charge is -2.34. The molecule has 0 radical (unpaired) electrons. The molecule has 1 saturated heterocycles. The average molecular weight is 329 g/mol. The number of rotatable bonds is 3. The van der Waals surface area contributed by atoms with E-state index in [1.807, 2.05) is 18.7 Å². The van der Waals surface area contributed by atoms with Crippen molar-refractivity contribution in [2.24, 2.45) is 0 Å². The zero-order valence-electron chi connectivity index (χ0n) is 14.3. The Labute approximate surface area is 140 Å². The molecule has 1 unspecified atom stereocenters. The highest BCUT2D eigenvalue weighted by atomic mass is 16.2. The monoisotopic (exact) mass is 329 g/mol. The van der Waals surface area contributed by atoms with Gasteiger partial charge in [-0.1, -0.05) is 13.8 Å². The summed E-state index contributed by atoms with van der Waals surface area (Å²) in [6.07, 6.45) is 2.88. The summed E-state index contributed by atoms with van der Waals surface area (Å²) in [5, 5.41) is 7.27. The van der Waals surface area contributed by atoms with Crippen molar-refractivity contribution in [3.8, 4) is 0 Å². The number of amides is 1. The number of nitrogens with one attached hydrogen (secondary N) is 2. The van der Waals surface area contributed by atoms with Gasteiger partial charge in [0, 0.05) is 24.2 Å². The van der Waals surface area contributed by atoms with Gasteiger partial charge in [0.25, 0.3) is 5.91 Å². The van der Waals surface area contributed by atoms with Crippen molar-refractivity contribution in [2.75, 3.05) is 6.54 Å². The summed E-state index contributed by atoms with van der Waals surface area (Å²) in [5.41, 5.74) is 0.929. The number of aromatic nitrogens is 4. The highest BCUT2D eigenvalue weighted by Gasteiger charge is 2.31. The molecule has 1 fully saturated rings. The van der Waals surface area contributed by atoms with Crippen molar-refractivity contribution in [2.45, 2.75) is 52.0 Å². The maximum atomic E-state index is 13.0. The van der Waals surface area contributed by atoms with Gasteiger partial charge in [-0.3, -0.25) is 14.7 Å². The molecule has 0 bridgehead atoms. The van der Waals surface area contributed by atoms with Crippen LogP contribution in [0, 0.1) is 6.92 Å². The van der Waals surface area contributed by atoms with E-state index in [-0.39, 0.29) is 23.4 Å².